The van der Waals surface area contributed by atoms with Crippen molar-refractivity contribution in [3.05, 3.63) is 145 Å². The van der Waals surface area contributed by atoms with E-state index < -0.39 is 0 Å². The predicted molar refractivity (Wildman–Crippen MR) is 180 cm³/mol. The number of carbonyl (C=O) groups is 2. The molecular formula is C39H36N2O4. The zero-order chi connectivity index (χ0) is 31.2. The Morgan fingerprint density at radius 2 is 1.16 bits per heavy atom. The summed E-state index contributed by atoms with van der Waals surface area (Å²) in [6, 6.07) is 34.6. The van der Waals surface area contributed by atoms with Crippen LogP contribution in [0, 0.1) is 0 Å². The third-order valence-electron chi connectivity index (χ3n) is 8.57. The van der Waals surface area contributed by atoms with Crippen LogP contribution in [0.4, 0.5) is 0 Å². The highest BCUT2D eigenvalue weighted by molar-refractivity contribution is 5.88. The number of fused-ring (bicyclic) bond motifs is 3. The fraction of sp³-hybridized carbons (Fsp3) is 0.179. The topological polar surface area (TPSA) is 76.7 Å². The van der Waals surface area contributed by atoms with Crippen LogP contribution in [0.25, 0.3) is 21.5 Å². The summed E-state index contributed by atoms with van der Waals surface area (Å²) in [5.41, 5.74) is 4.99. The van der Waals surface area contributed by atoms with Gasteiger partial charge in [-0.15, -0.1) is 0 Å². The van der Waals surface area contributed by atoms with E-state index >= 15 is 0 Å². The van der Waals surface area contributed by atoms with Gasteiger partial charge >= 0.3 is 0 Å². The van der Waals surface area contributed by atoms with Crippen molar-refractivity contribution in [1.82, 2.24) is 10.6 Å². The molecule has 0 heterocycles. The molecule has 226 valence electrons. The van der Waals surface area contributed by atoms with Crippen LogP contribution in [-0.4, -0.2) is 38.1 Å². The normalized spacial score (nSPS) is 13.2. The first-order valence-corrected chi connectivity index (χ1v) is 15.2. The van der Waals surface area contributed by atoms with Crippen molar-refractivity contribution in [2.24, 2.45) is 0 Å². The SMILES string of the molecule is C=CC(=O)NCCOc1ccc2cc(C3(c4ccc5cc(OCCNC(=O)C=C)ccc5c4)CCc4ccccc43)ccc2c1. The van der Waals surface area contributed by atoms with E-state index in [1.807, 2.05) is 24.3 Å². The van der Waals surface area contributed by atoms with Crippen molar-refractivity contribution < 1.29 is 19.1 Å². The molecule has 0 bridgehead atoms. The van der Waals surface area contributed by atoms with E-state index in [0.717, 1.165) is 45.9 Å². The molecule has 0 aliphatic heterocycles. The van der Waals surface area contributed by atoms with Crippen LogP contribution in [0.15, 0.2) is 122 Å². The lowest BCUT2D eigenvalue weighted by Crippen LogP contribution is -2.26. The van der Waals surface area contributed by atoms with E-state index in [4.69, 9.17) is 9.47 Å². The third kappa shape index (κ3) is 6.18. The van der Waals surface area contributed by atoms with Crippen molar-refractivity contribution in [3.8, 4) is 11.5 Å². The molecule has 1 aliphatic carbocycles. The summed E-state index contributed by atoms with van der Waals surface area (Å²) in [5, 5.41) is 9.96. The Labute approximate surface area is 263 Å². The van der Waals surface area contributed by atoms with Gasteiger partial charge in [-0.3, -0.25) is 9.59 Å². The Bertz CT molecular complexity index is 1800. The van der Waals surface area contributed by atoms with E-state index in [2.05, 4.69) is 96.6 Å². The molecule has 0 unspecified atom stereocenters. The molecule has 0 aromatic heterocycles. The van der Waals surface area contributed by atoms with Crippen LogP contribution in [0.2, 0.25) is 0 Å². The van der Waals surface area contributed by atoms with E-state index in [-0.39, 0.29) is 17.2 Å². The third-order valence-corrected chi connectivity index (χ3v) is 8.57. The number of rotatable bonds is 12. The Hall–Kier alpha value is -5.36. The molecule has 0 atom stereocenters. The van der Waals surface area contributed by atoms with Crippen molar-refractivity contribution >= 4 is 33.4 Å². The highest BCUT2D eigenvalue weighted by atomic mass is 16.5. The molecular weight excluding hydrogens is 560 g/mol. The zero-order valence-electron chi connectivity index (χ0n) is 25.2. The Kier molecular flexibility index (Phi) is 8.65. The number of amides is 2. The van der Waals surface area contributed by atoms with Gasteiger partial charge in [-0.05, 0) is 105 Å². The zero-order valence-corrected chi connectivity index (χ0v) is 25.2. The lowest BCUT2D eigenvalue weighted by molar-refractivity contribution is -0.117. The average molecular weight is 597 g/mol. The fourth-order valence-electron chi connectivity index (χ4n) is 6.37. The number of aryl methyl sites for hydroxylation is 1. The Morgan fingerprint density at radius 1 is 0.667 bits per heavy atom. The smallest absolute Gasteiger partial charge is 0.243 e. The first-order chi connectivity index (χ1) is 22.0. The quantitative estimate of drug-likeness (QED) is 0.125. The molecule has 2 N–H and O–H groups in total. The molecule has 6 nitrogen and oxygen atoms in total. The number of benzene rings is 5. The van der Waals surface area contributed by atoms with Gasteiger partial charge in [0.2, 0.25) is 11.8 Å². The molecule has 5 aromatic carbocycles. The van der Waals surface area contributed by atoms with Crippen LogP contribution >= 0.6 is 0 Å². The van der Waals surface area contributed by atoms with Gasteiger partial charge in [-0.25, -0.2) is 0 Å². The summed E-state index contributed by atoms with van der Waals surface area (Å²) in [6.07, 6.45) is 4.50. The molecule has 6 heteroatoms. The molecule has 5 aromatic rings. The van der Waals surface area contributed by atoms with Crippen LogP contribution < -0.4 is 20.1 Å². The number of ether oxygens (including phenoxy) is 2. The van der Waals surface area contributed by atoms with Crippen LogP contribution in [0.1, 0.15) is 28.7 Å². The van der Waals surface area contributed by atoms with Gasteiger partial charge in [0.1, 0.15) is 24.7 Å². The summed E-state index contributed by atoms with van der Waals surface area (Å²) in [5.74, 6) is 1.12. The van der Waals surface area contributed by atoms with E-state index in [1.165, 1.54) is 34.4 Å². The molecule has 45 heavy (non-hydrogen) atoms. The molecule has 0 fully saturated rings. The minimum absolute atomic E-state index is 0.208. The number of hydrogen-bond donors (Lipinski definition) is 2. The van der Waals surface area contributed by atoms with Gasteiger partial charge in [0.15, 0.2) is 0 Å². The van der Waals surface area contributed by atoms with Crippen LogP contribution in [-0.2, 0) is 21.4 Å². The summed E-state index contributed by atoms with van der Waals surface area (Å²) >= 11 is 0. The van der Waals surface area contributed by atoms with E-state index in [9.17, 15) is 9.59 Å². The minimum atomic E-state index is -0.282. The average Bonchev–Trinajstić information content (AvgIpc) is 3.48. The lowest BCUT2D eigenvalue weighted by Gasteiger charge is -2.33. The number of carbonyl (C=O) groups excluding carboxylic acids is 2. The van der Waals surface area contributed by atoms with Crippen LogP contribution in [0.5, 0.6) is 11.5 Å². The van der Waals surface area contributed by atoms with Crippen molar-refractivity contribution in [2.45, 2.75) is 18.3 Å². The number of hydrogen-bond acceptors (Lipinski definition) is 4. The highest BCUT2D eigenvalue weighted by Crippen LogP contribution is 2.50. The monoisotopic (exact) mass is 596 g/mol. The van der Waals surface area contributed by atoms with Gasteiger partial charge in [-0.1, -0.05) is 73.8 Å². The molecule has 0 spiro atoms. The summed E-state index contributed by atoms with van der Waals surface area (Å²) in [7, 11) is 0. The first-order valence-electron chi connectivity index (χ1n) is 15.2. The molecule has 1 aliphatic rings. The molecule has 0 saturated heterocycles. The highest BCUT2D eigenvalue weighted by Gasteiger charge is 2.41. The Balaban J connectivity index is 1.30. The van der Waals surface area contributed by atoms with E-state index in [1.54, 1.807) is 0 Å². The lowest BCUT2D eigenvalue weighted by atomic mass is 9.69. The van der Waals surface area contributed by atoms with Gasteiger partial charge in [0.05, 0.1) is 13.1 Å². The van der Waals surface area contributed by atoms with Crippen LogP contribution in [0.3, 0.4) is 0 Å². The first kappa shape index (κ1) is 29.7. The second-order valence-corrected chi connectivity index (χ2v) is 11.2. The predicted octanol–water partition coefficient (Wildman–Crippen LogP) is 6.64. The van der Waals surface area contributed by atoms with Gasteiger partial charge in [0, 0.05) is 5.41 Å². The summed E-state index contributed by atoms with van der Waals surface area (Å²) in [6.45, 7) is 8.53. The number of nitrogens with one attached hydrogen (secondary N) is 2. The Morgan fingerprint density at radius 3 is 1.69 bits per heavy atom. The maximum atomic E-state index is 11.4. The van der Waals surface area contributed by atoms with Gasteiger partial charge in [-0.2, -0.15) is 0 Å². The van der Waals surface area contributed by atoms with Crippen molar-refractivity contribution in [1.29, 1.82) is 0 Å². The fourth-order valence-corrected chi connectivity index (χ4v) is 6.37. The maximum Gasteiger partial charge on any atom is 0.243 e. The second kappa shape index (κ2) is 13.1. The molecule has 0 saturated carbocycles. The van der Waals surface area contributed by atoms with Gasteiger partial charge in [0.25, 0.3) is 0 Å². The molecule has 0 radical (unpaired) electrons. The van der Waals surface area contributed by atoms with E-state index in [0.29, 0.717) is 26.3 Å². The largest absolute Gasteiger partial charge is 0.492 e. The summed E-state index contributed by atoms with van der Waals surface area (Å²) in [4.78, 5) is 22.8. The standard InChI is InChI=1S/C39H36N2O4/c1-3-37(42)40-19-21-44-34-15-11-28-23-32(13-9-30(28)25-34)39(18-17-27-7-5-6-8-36(27)39)33-14-10-31-26-35(16-12-29(31)24-33)45-22-20-41-38(43)4-2/h3-16,23-26H,1-2,17-22H2,(H,40,42)(H,41,43). The van der Waals surface area contributed by atoms with Gasteiger partial charge < -0.3 is 20.1 Å². The minimum Gasteiger partial charge on any atom is -0.492 e. The molecule has 6 rings (SSSR count). The van der Waals surface area contributed by atoms with Crippen molar-refractivity contribution in [2.75, 3.05) is 26.3 Å². The molecule has 2 amide bonds. The van der Waals surface area contributed by atoms with Crippen molar-refractivity contribution in [3.63, 3.8) is 0 Å². The summed E-state index contributed by atoms with van der Waals surface area (Å²) < 4.78 is 11.8. The maximum absolute atomic E-state index is 11.4. The second-order valence-electron chi connectivity index (χ2n) is 11.2.